The van der Waals surface area contributed by atoms with Crippen LogP contribution in [0.25, 0.3) is 17.3 Å². The minimum absolute atomic E-state index is 0.0294. The van der Waals surface area contributed by atoms with Gasteiger partial charge in [-0.25, -0.2) is 0 Å². The van der Waals surface area contributed by atoms with Gasteiger partial charge in [-0.15, -0.1) is 0 Å². The number of rotatable bonds is 6. The predicted molar refractivity (Wildman–Crippen MR) is 133 cm³/mol. The van der Waals surface area contributed by atoms with Crippen LogP contribution in [0.3, 0.4) is 0 Å². The Kier molecular flexibility index (Phi) is 7.25. The molecule has 1 aromatic heterocycles. The second-order valence-corrected chi connectivity index (χ2v) is 7.74. The summed E-state index contributed by atoms with van der Waals surface area (Å²) in [5.74, 6) is -0.949. The third kappa shape index (κ3) is 6.24. The van der Waals surface area contributed by atoms with Crippen molar-refractivity contribution in [2.45, 2.75) is 6.18 Å². The van der Waals surface area contributed by atoms with E-state index in [9.17, 15) is 22.8 Å². The number of nitrogens with zero attached hydrogens (tertiary/aromatic N) is 1. The number of amides is 2. The zero-order chi connectivity index (χ0) is 25.5. The summed E-state index contributed by atoms with van der Waals surface area (Å²) in [6.45, 7) is 0. The smallest absolute Gasteiger partial charge is 0.322 e. The topological polar surface area (TPSA) is 71.1 Å². The lowest BCUT2D eigenvalue weighted by Gasteiger charge is -2.10. The van der Waals surface area contributed by atoms with Crippen LogP contribution in [0.4, 0.5) is 24.5 Å². The number of carbonyl (C=O) groups excluding carboxylic acids is 2. The van der Waals surface area contributed by atoms with Crippen molar-refractivity contribution in [3.8, 4) is 11.3 Å². The maximum Gasteiger partial charge on any atom is 0.416 e. The van der Waals surface area contributed by atoms with Crippen LogP contribution in [0.5, 0.6) is 0 Å². The number of pyridine rings is 1. The Balaban J connectivity index is 1.44. The van der Waals surface area contributed by atoms with Crippen LogP contribution in [-0.2, 0) is 11.0 Å². The normalized spacial score (nSPS) is 11.3. The molecule has 4 aromatic rings. The number of nitrogens with one attached hydrogen (secondary N) is 2. The molecule has 0 saturated carbocycles. The summed E-state index contributed by atoms with van der Waals surface area (Å²) in [6, 6.07) is 23.6. The van der Waals surface area contributed by atoms with E-state index in [-0.39, 0.29) is 17.2 Å². The molecule has 4 rings (SSSR count). The summed E-state index contributed by atoms with van der Waals surface area (Å²) in [4.78, 5) is 29.5. The summed E-state index contributed by atoms with van der Waals surface area (Å²) in [7, 11) is 0. The molecule has 0 fully saturated rings. The van der Waals surface area contributed by atoms with Crippen molar-refractivity contribution in [1.82, 2.24) is 4.98 Å². The van der Waals surface area contributed by atoms with Gasteiger partial charge in [-0.3, -0.25) is 14.6 Å². The Morgan fingerprint density at radius 1 is 0.806 bits per heavy atom. The molecular formula is C28H20F3N3O2. The molecule has 2 N–H and O–H groups in total. The number of anilines is 2. The molecule has 0 bridgehead atoms. The average molecular weight is 487 g/mol. The summed E-state index contributed by atoms with van der Waals surface area (Å²) in [5.41, 5.74) is 2.06. The van der Waals surface area contributed by atoms with Crippen molar-refractivity contribution in [2.24, 2.45) is 0 Å². The lowest BCUT2D eigenvalue weighted by molar-refractivity contribution is -0.137. The standard InChI is InChI=1S/C28H20F3N3O2/c29-28(30,31)21-9-6-10-22(18-21)33-27(36)20-8-5-7-19(17-20)14-15-26(35)34-25-13-2-1-11-23(25)24-12-3-4-16-32-24/h1-18H,(H,33,36)(H,34,35)/b15-14+. The van der Waals surface area contributed by atoms with E-state index >= 15 is 0 Å². The number of benzene rings is 3. The van der Waals surface area contributed by atoms with Gasteiger partial charge in [0.15, 0.2) is 0 Å². The first-order chi connectivity index (χ1) is 17.3. The van der Waals surface area contributed by atoms with Crippen LogP contribution in [0.2, 0.25) is 0 Å². The number of carbonyl (C=O) groups is 2. The van der Waals surface area contributed by atoms with Gasteiger partial charge in [-0.2, -0.15) is 13.2 Å². The fourth-order valence-electron chi connectivity index (χ4n) is 3.44. The van der Waals surface area contributed by atoms with Crippen molar-refractivity contribution < 1.29 is 22.8 Å². The number of hydrogen-bond donors (Lipinski definition) is 2. The summed E-state index contributed by atoms with van der Waals surface area (Å²) < 4.78 is 38.8. The molecule has 8 heteroatoms. The molecule has 0 atom stereocenters. The monoisotopic (exact) mass is 487 g/mol. The second-order valence-electron chi connectivity index (χ2n) is 7.74. The lowest BCUT2D eigenvalue weighted by Crippen LogP contribution is -2.13. The molecule has 0 saturated heterocycles. The van der Waals surface area contributed by atoms with Crippen LogP contribution in [-0.4, -0.2) is 16.8 Å². The minimum atomic E-state index is -4.51. The van der Waals surface area contributed by atoms with Gasteiger partial charge in [0.25, 0.3) is 5.91 Å². The molecule has 36 heavy (non-hydrogen) atoms. The minimum Gasteiger partial charge on any atom is -0.322 e. The fourth-order valence-corrected chi connectivity index (χ4v) is 3.44. The largest absolute Gasteiger partial charge is 0.416 e. The van der Waals surface area contributed by atoms with E-state index in [0.717, 1.165) is 23.4 Å². The Hall–Kier alpha value is -4.72. The average Bonchev–Trinajstić information content (AvgIpc) is 2.88. The quantitative estimate of drug-likeness (QED) is 0.298. The number of aromatic nitrogens is 1. The predicted octanol–water partition coefficient (Wildman–Crippen LogP) is 6.67. The fraction of sp³-hybridized carbons (Fsp3) is 0.0357. The van der Waals surface area contributed by atoms with E-state index in [0.29, 0.717) is 11.3 Å². The van der Waals surface area contributed by atoms with Crippen LogP contribution >= 0.6 is 0 Å². The van der Waals surface area contributed by atoms with Crippen LogP contribution in [0.1, 0.15) is 21.5 Å². The molecule has 5 nitrogen and oxygen atoms in total. The second kappa shape index (κ2) is 10.7. The SMILES string of the molecule is O=C(/C=C/c1cccc(C(=O)Nc2cccc(C(F)(F)F)c2)c1)Nc1ccccc1-c1ccccn1. The van der Waals surface area contributed by atoms with Gasteiger partial charge >= 0.3 is 6.18 Å². The van der Waals surface area contributed by atoms with Gasteiger partial charge in [0, 0.05) is 29.1 Å². The Morgan fingerprint density at radius 2 is 1.58 bits per heavy atom. The summed E-state index contributed by atoms with van der Waals surface area (Å²) >= 11 is 0. The van der Waals surface area contributed by atoms with E-state index in [2.05, 4.69) is 15.6 Å². The van der Waals surface area contributed by atoms with E-state index in [1.807, 2.05) is 24.3 Å². The molecule has 3 aromatic carbocycles. The van der Waals surface area contributed by atoms with Crippen molar-refractivity contribution in [2.75, 3.05) is 10.6 Å². The molecular weight excluding hydrogens is 467 g/mol. The van der Waals surface area contributed by atoms with E-state index < -0.39 is 17.6 Å². The Bertz CT molecular complexity index is 1420. The maximum absolute atomic E-state index is 12.9. The highest BCUT2D eigenvalue weighted by atomic mass is 19.4. The molecule has 0 radical (unpaired) electrons. The highest BCUT2D eigenvalue weighted by Gasteiger charge is 2.30. The molecule has 1 heterocycles. The van der Waals surface area contributed by atoms with Crippen LogP contribution < -0.4 is 10.6 Å². The lowest BCUT2D eigenvalue weighted by atomic mass is 10.1. The van der Waals surface area contributed by atoms with Crippen LogP contribution in [0, 0.1) is 0 Å². The van der Waals surface area contributed by atoms with Crippen molar-refractivity contribution in [3.63, 3.8) is 0 Å². The van der Waals surface area contributed by atoms with Crippen LogP contribution in [0.15, 0.2) is 103 Å². The van der Waals surface area contributed by atoms with E-state index in [1.165, 1.54) is 30.3 Å². The Morgan fingerprint density at radius 3 is 2.36 bits per heavy atom. The third-order valence-electron chi connectivity index (χ3n) is 5.15. The number of hydrogen-bond acceptors (Lipinski definition) is 3. The first-order valence-corrected chi connectivity index (χ1v) is 10.9. The summed E-state index contributed by atoms with van der Waals surface area (Å²) in [5, 5.41) is 5.30. The Labute approximate surface area is 205 Å². The summed E-state index contributed by atoms with van der Waals surface area (Å²) in [6.07, 6.45) is 0.0347. The van der Waals surface area contributed by atoms with Gasteiger partial charge in [-0.1, -0.05) is 42.5 Å². The zero-order valence-electron chi connectivity index (χ0n) is 18.8. The molecule has 180 valence electrons. The molecule has 0 unspecified atom stereocenters. The van der Waals surface area contributed by atoms with Gasteiger partial charge in [0.1, 0.15) is 0 Å². The van der Waals surface area contributed by atoms with Crippen molar-refractivity contribution in [1.29, 1.82) is 0 Å². The molecule has 0 aliphatic carbocycles. The molecule has 2 amide bonds. The third-order valence-corrected chi connectivity index (χ3v) is 5.15. The van der Waals surface area contributed by atoms with Crippen molar-refractivity contribution in [3.05, 3.63) is 120 Å². The number of alkyl halides is 3. The maximum atomic E-state index is 12.9. The highest BCUT2D eigenvalue weighted by molar-refractivity contribution is 6.06. The highest BCUT2D eigenvalue weighted by Crippen LogP contribution is 2.31. The number of halogens is 3. The van der Waals surface area contributed by atoms with Gasteiger partial charge < -0.3 is 10.6 Å². The van der Waals surface area contributed by atoms with Gasteiger partial charge in [0.2, 0.25) is 5.91 Å². The van der Waals surface area contributed by atoms with Gasteiger partial charge in [0.05, 0.1) is 16.9 Å². The first-order valence-electron chi connectivity index (χ1n) is 10.9. The van der Waals surface area contributed by atoms with Gasteiger partial charge in [-0.05, 0) is 60.2 Å². The van der Waals surface area contributed by atoms with Crippen molar-refractivity contribution >= 4 is 29.3 Å². The van der Waals surface area contributed by atoms with E-state index in [4.69, 9.17) is 0 Å². The molecule has 0 aliphatic rings. The molecule has 0 spiro atoms. The zero-order valence-corrected chi connectivity index (χ0v) is 18.8. The molecule has 0 aliphatic heterocycles. The van der Waals surface area contributed by atoms with E-state index in [1.54, 1.807) is 42.6 Å². The first kappa shape index (κ1) is 24.4. The number of para-hydroxylation sites is 1.